The molecule has 0 saturated heterocycles. The summed E-state index contributed by atoms with van der Waals surface area (Å²) in [5.41, 5.74) is 3.74. The number of anilines is 1. The van der Waals surface area contributed by atoms with Gasteiger partial charge < -0.3 is 14.8 Å². The van der Waals surface area contributed by atoms with Crippen molar-refractivity contribution >= 4 is 44.9 Å². The minimum Gasteiger partial charge on any atom is -0.494 e. The predicted molar refractivity (Wildman–Crippen MR) is 160 cm³/mol. The molecule has 5 nitrogen and oxygen atoms in total. The molecule has 0 atom stereocenters. The minimum absolute atomic E-state index is 0.214. The topological polar surface area (TPSA) is 59.6 Å². The van der Waals surface area contributed by atoms with Crippen LogP contribution in [-0.2, 0) is 12.8 Å². The molecule has 0 aliphatic carbocycles. The molecular weight excluding hydrogens is 560 g/mol. The van der Waals surface area contributed by atoms with Crippen LogP contribution in [0.2, 0.25) is 0 Å². The molecule has 4 aromatic rings. The summed E-state index contributed by atoms with van der Waals surface area (Å²) >= 11 is 8.83. The number of nitrogens with one attached hydrogen (secondary N) is 2. The number of carbonyl (C=O) groups excluding carboxylic acids is 1. The summed E-state index contributed by atoms with van der Waals surface area (Å²) in [7, 11) is 0. The van der Waals surface area contributed by atoms with Gasteiger partial charge in [-0.05, 0) is 94.6 Å². The van der Waals surface area contributed by atoms with Gasteiger partial charge in [0.25, 0.3) is 5.91 Å². The van der Waals surface area contributed by atoms with Crippen LogP contribution < -0.4 is 20.1 Å². The van der Waals surface area contributed by atoms with Crippen molar-refractivity contribution < 1.29 is 14.3 Å². The van der Waals surface area contributed by atoms with Crippen LogP contribution in [0.3, 0.4) is 0 Å². The smallest absolute Gasteiger partial charge is 0.257 e. The summed E-state index contributed by atoms with van der Waals surface area (Å²) in [4.78, 5) is 12.7. The Balaban J connectivity index is 1.19. The molecule has 0 aliphatic rings. The maximum atomic E-state index is 12.7. The summed E-state index contributed by atoms with van der Waals surface area (Å²) in [6.45, 7) is 1.18. The molecule has 0 saturated carbocycles. The molecule has 0 aliphatic heterocycles. The molecule has 0 radical (unpaired) electrons. The Labute approximate surface area is 237 Å². The van der Waals surface area contributed by atoms with E-state index in [1.807, 2.05) is 60.7 Å². The molecule has 0 fully saturated rings. The van der Waals surface area contributed by atoms with E-state index in [1.54, 1.807) is 18.2 Å². The molecule has 4 rings (SSSR count). The van der Waals surface area contributed by atoms with Crippen LogP contribution in [0.4, 0.5) is 5.69 Å². The minimum atomic E-state index is -0.308. The van der Waals surface area contributed by atoms with E-state index in [-0.39, 0.29) is 11.0 Å². The molecule has 0 bridgehead atoms. The zero-order valence-electron chi connectivity index (χ0n) is 20.9. The van der Waals surface area contributed by atoms with Gasteiger partial charge in [-0.15, -0.1) is 0 Å². The van der Waals surface area contributed by atoms with Crippen LogP contribution in [0.25, 0.3) is 0 Å². The Morgan fingerprint density at radius 3 is 2.08 bits per heavy atom. The normalized spacial score (nSPS) is 10.4. The van der Waals surface area contributed by atoms with Crippen molar-refractivity contribution in [3.05, 3.63) is 124 Å². The fourth-order valence-corrected chi connectivity index (χ4v) is 4.47. The number of carbonyl (C=O) groups is 1. The molecule has 38 heavy (non-hydrogen) atoms. The van der Waals surface area contributed by atoms with Crippen LogP contribution in [0.15, 0.2) is 108 Å². The van der Waals surface area contributed by atoms with Crippen molar-refractivity contribution in [2.24, 2.45) is 0 Å². The van der Waals surface area contributed by atoms with Crippen molar-refractivity contribution in [1.82, 2.24) is 5.32 Å². The first-order valence-electron chi connectivity index (χ1n) is 12.4. The highest BCUT2D eigenvalue weighted by molar-refractivity contribution is 9.10. The van der Waals surface area contributed by atoms with E-state index in [0.717, 1.165) is 30.7 Å². The third-order valence-corrected chi connectivity index (χ3v) is 6.57. The van der Waals surface area contributed by atoms with Crippen molar-refractivity contribution in [3.63, 3.8) is 0 Å². The number of benzene rings is 4. The molecular formula is C31H29BrN2O3S. The van der Waals surface area contributed by atoms with Gasteiger partial charge in [0.1, 0.15) is 11.5 Å². The van der Waals surface area contributed by atoms with E-state index in [0.29, 0.717) is 29.0 Å². The van der Waals surface area contributed by atoms with Crippen molar-refractivity contribution in [2.75, 3.05) is 18.5 Å². The highest BCUT2D eigenvalue weighted by atomic mass is 79.9. The lowest BCUT2D eigenvalue weighted by Crippen LogP contribution is -2.34. The zero-order valence-corrected chi connectivity index (χ0v) is 23.3. The number of halogens is 1. The van der Waals surface area contributed by atoms with Gasteiger partial charge in [0.15, 0.2) is 5.11 Å². The van der Waals surface area contributed by atoms with E-state index in [4.69, 9.17) is 21.7 Å². The van der Waals surface area contributed by atoms with Gasteiger partial charge in [0, 0.05) is 17.7 Å². The van der Waals surface area contributed by atoms with E-state index in [1.165, 1.54) is 11.1 Å². The van der Waals surface area contributed by atoms with Crippen molar-refractivity contribution in [2.45, 2.75) is 19.3 Å². The number of amides is 1. The van der Waals surface area contributed by atoms with Crippen LogP contribution in [0.1, 0.15) is 27.9 Å². The van der Waals surface area contributed by atoms with Gasteiger partial charge in [-0.2, -0.15) is 0 Å². The lowest BCUT2D eigenvalue weighted by atomic mass is 10.1. The van der Waals surface area contributed by atoms with Crippen molar-refractivity contribution in [1.29, 1.82) is 0 Å². The Morgan fingerprint density at radius 1 is 0.763 bits per heavy atom. The molecule has 0 unspecified atom stereocenters. The van der Waals surface area contributed by atoms with Crippen molar-refractivity contribution in [3.8, 4) is 11.5 Å². The molecule has 2 N–H and O–H groups in total. The second kappa shape index (κ2) is 14.3. The first-order valence-corrected chi connectivity index (χ1v) is 13.6. The van der Waals surface area contributed by atoms with E-state index < -0.39 is 0 Å². The summed E-state index contributed by atoms with van der Waals surface area (Å²) in [6, 6.07) is 33.2. The van der Waals surface area contributed by atoms with Crippen LogP contribution >= 0.6 is 28.1 Å². The molecule has 0 heterocycles. The van der Waals surface area contributed by atoms with Gasteiger partial charge in [0.2, 0.25) is 0 Å². The number of ether oxygens (including phenoxy) is 2. The van der Waals surface area contributed by atoms with Crippen LogP contribution in [0.5, 0.6) is 11.5 Å². The molecule has 7 heteroatoms. The van der Waals surface area contributed by atoms with E-state index in [9.17, 15) is 4.79 Å². The summed E-state index contributed by atoms with van der Waals surface area (Å²) in [6.07, 6.45) is 2.73. The Hall–Kier alpha value is -3.68. The van der Waals surface area contributed by atoms with Gasteiger partial charge >= 0.3 is 0 Å². The zero-order chi connectivity index (χ0) is 26.6. The largest absolute Gasteiger partial charge is 0.494 e. The second-order valence-corrected chi connectivity index (χ2v) is 9.86. The third kappa shape index (κ3) is 8.71. The van der Waals surface area contributed by atoms with E-state index >= 15 is 0 Å². The van der Waals surface area contributed by atoms with Gasteiger partial charge in [-0.3, -0.25) is 10.1 Å². The number of aryl methyl sites for hydroxylation is 1. The summed E-state index contributed by atoms with van der Waals surface area (Å²) < 4.78 is 12.4. The fraction of sp³-hybridized carbons (Fsp3) is 0.161. The quantitative estimate of drug-likeness (QED) is 0.143. The van der Waals surface area contributed by atoms with Gasteiger partial charge in [-0.25, -0.2) is 0 Å². The molecule has 0 aromatic heterocycles. The van der Waals surface area contributed by atoms with Crippen LogP contribution in [-0.4, -0.2) is 24.2 Å². The maximum Gasteiger partial charge on any atom is 0.257 e. The Kier molecular flexibility index (Phi) is 10.3. The first-order chi connectivity index (χ1) is 18.6. The molecule has 0 spiro atoms. The predicted octanol–water partition coefficient (Wildman–Crippen LogP) is 7.21. The lowest BCUT2D eigenvalue weighted by molar-refractivity contribution is 0.0977. The lowest BCUT2D eigenvalue weighted by Gasteiger charge is -2.12. The molecule has 194 valence electrons. The number of hydrogen-bond donors (Lipinski definition) is 2. The van der Waals surface area contributed by atoms with Gasteiger partial charge in [-0.1, -0.05) is 60.7 Å². The highest BCUT2D eigenvalue weighted by Crippen LogP contribution is 2.26. The van der Waals surface area contributed by atoms with Gasteiger partial charge in [0.05, 0.1) is 17.7 Å². The second-order valence-electron chi connectivity index (χ2n) is 8.60. The molecule has 1 amide bonds. The Bertz CT molecular complexity index is 1330. The summed E-state index contributed by atoms with van der Waals surface area (Å²) in [5.74, 6) is 1.16. The third-order valence-electron chi connectivity index (χ3n) is 5.75. The summed E-state index contributed by atoms with van der Waals surface area (Å²) in [5, 5.41) is 5.97. The fourth-order valence-electron chi connectivity index (χ4n) is 3.77. The standard InChI is InChI=1S/C31H29BrN2O3S/c32-28-22-25(13-18-29(28)37-21-19-24-10-5-2-6-11-24)30(35)34-31(38)33-26-14-16-27(17-15-26)36-20-7-12-23-8-3-1-4-9-23/h1-6,8-11,13-18,22H,7,12,19-21H2,(H2,33,34,35,38). The number of rotatable bonds is 11. The van der Waals surface area contributed by atoms with Crippen LogP contribution in [0, 0.1) is 0 Å². The maximum absolute atomic E-state index is 12.7. The molecule has 4 aromatic carbocycles. The number of thiocarbonyl (C=S) groups is 1. The number of hydrogen-bond acceptors (Lipinski definition) is 4. The highest BCUT2D eigenvalue weighted by Gasteiger charge is 2.11. The van der Waals surface area contributed by atoms with E-state index in [2.05, 4.69) is 50.8 Å². The SMILES string of the molecule is O=C(NC(=S)Nc1ccc(OCCCc2ccccc2)cc1)c1ccc(OCCc2ccccc2)c(Br)c1. The monoisotopic (exact) mass is 588 g/mol. The first kappa shape index (κ1) is 27.4. The average molecular weight is 590 g/mol. The Morgan fingerprint density at radius 2 is 1.42 bits per heavy atom. The average Bonchev–Trinajstić information content (AvgIpc) is 2.94.